The van der Waals surface area contributed by atoms with Gasteiger partial charge >= 0.3 is 0 Å². The molecule has 1 atom stereocenters. The molecule has 0 aromatic heterocycles. The van der Waals surface area contributed by atoms with Crippen LogP contribution in [-0.4, -0.2) is 23.3 Å². The van der Waals surface area contributed by atoms with Gasteiger partial charge in [-0.15, -0.1) is 0 Å². The van der Waals surface area contributed by atoms with Gasteiger partial charge in [-0.25, -0.2) is 0 Å². The number of hydrogen-bond acceptors (Lipinski definition) is 2. The van der Waals surface area contributed by atoms with E-state index < -0.39 is 6.65 Å². The summed E-state index contributed by atoms with van der Waals surface area (Å²) in [5.74, 6) is 0. The van der Waals surface area contributed by atoms with Crippen LogP contribution in [0.3, 0.4) is 0 Å². The predicted molar refractivity (Wildman–Crippen MR) is 54.6 cm³/mol. The minimum atomic E-state index is -2.93. The summed E-state index contributed by atoms with van der Waals surface area (Å²) in [7, 11) is 0. The molecule has 0 aliphatic rings. The van der Waals surface area contributed by atoms with E-state index in [1.54, 1.807) is 0 Å². The van der Waals surface area contributed by atoms with E-state index >= 15 is 0 Å². The maximum Gasteiger partial charge on any atom is 0.243 e. The zero-order valence-electron chi connectivity index (χ0n) is 8.12. The molecular formula is C7H18ClN2OP. The van der Waals surface area contributed by atoms with E-state index in [2.05, 4.69) is 0 Å². The molecule has 0 aromatic carbocycles. The van der Waals surface area contributed by atoms with Crippen molar-refractivity contribution < 1.29 is 4.57 Å². The second kappa shape index (κ2) is 4.61. The van der Waals surface area contributed by atoms with Crippen LogP contribution >= 0.6 is 17.9 Å². The molecule has 0 spiro atoms. The molecular weight excluding hydrogens is 195 g/mol. The van der Waals surface area contributed by atoms with Gasteiger partial charge in [-0.05, 0) is 38.9 Å². The van der Waals surface area contributed by atoms with Crippen molar-refractivity contribution in [2.45, 2.75) is 39.8 Å². The van der Waals surface area contributed by atoms with Crippen molar-refractivity contribution >= 4 is 17.9 Å². The van der Waals surface area contributed by atoms with E-state index in [4.69, 9.17) is 16.7 Å². The summed E-state index contributed by atoms with van der Waals surface area (Å²) in [5.41, 5.74) is 5.29. The molecule has 0 fully saturated rings. The van der Waals surface area contributed by atoms with Gasteiger partial charge < -0.3 is 0 Å². The molecule has 0 aliphatic heterocycles. The van der Waals surface area contributed by atoms with Crippen molar-refractivity contribution in [3.05, 3.63) is 0 Å². The highest BCUT2D eigenvalue weighted by atomic mass is 35.7. The van der Waals surface area contributed by atoms with Gasteiger partial charge in [0.15, 0.2) is 0 Å². The first-order chi connectivity index (χ1) is 5.24. The number of nitrogens with two attached hydrogens (primary N) is 1. The first kappa shape index (κ1) is 12.4. The summed E-state index contributed by atoms with van der Waals surface area (Å²) in [4.78, 5) is 2.02. The van der Waals surface area contributed by atoms with Gasteiger partial charge in [0, 0.05) is 12.1 Å². The Morgan fingerprint density at radius 1 is 1.33 bits per heavy atom. The van der Waals surface area contributed by atoms with Crippen LogP contribution in [0.4, 0.5) is 0 Å². The van der Waals surface area contributed by atoms with Gasteiger partial charge in [0.25, 0.3) is 0 Å². The van der Waals surface area contributed by atoms with Gasteiger partial charge in [-0.3, -0.25) is 15.0 Å². The number of nitrogens with zero attached hydrogens (tertiary/aromatic N) is 1. The van der Waals surface area contributed by atoms with E-state index in [1.807, 2.05) is 32.6 Å². The summed E-state index contributed by atoms with van der Waals surface area (Å²) in [6.07, 6.45) is 0.282. The Balaban J connectivity index is 4.25. The van der Waals surface area contributed by atoms with E-state index in [0.29, 0.717) is 12.1 Å². The lowest BCUT2D eigenvalue weighted by Gasteiger charge is -2.30. The summed E-state index contributed by atoms with van der Waals surface area (Å²) < 4.78 is 11.1. The molecule has 5 heteroatoms. The summed E-state index contributed by atoms with van der Waals surface area (Å²) in [6, 6.07) is 0.640. The zero-order valence-corrected chi connectivity index (χ0v) is 9.77. The average Bonchev–Trinajstić information content (AvgIpc) is 1.79. The van der Waals surface area contributed by atoms with Crippen molar-refractivity contribution in [1.29, 1.82) is 0 Å². The van der Waals surface area contributed by atoms with Crippen LogP contribution < -0.4 is 5.50 Å². The van der Waals surface area contributed by atoms with Gasteiger partial charge in [0.1, 0.15) is 0 Å². The Morgan fingerprint density at radius 3 is 1.75 bits per heavy atom. The Labute approximate surface area is 79.5 Å². The van der Waals surface area contributed by atoms with Crippen molar-refractivity contribution in [1.82, 2.24) is 4.90 Å². The molecule has 1 unspecified atom stereocenters. The third-order valence-corrected chi connectivity index (χ3v) is 2.72. The summed E-state index contributed by atoms with van der Waals surface area (Å²) in [5, 5.41) is 0. The maximum atomic E-state index is 11.1. The number of hydrogen-bond donors (Lipinski definition) is 1. The largest absolute Gasteiger partial charge is 0.289 e. The molecule has 0 bridgehead atoms. The third kappa shape index (κ3) is 5.15. The van der Waals surface area contributed by atoms with Crippen molar-refractivity contribution in [2.75, 3.05) is 6.29 Å². The fraction of sp³-hybridized carbons (Fsp3) is 1.00. The Morgan fingerprint density at radius 2 is 1.67 bits per heavy atom. The van der Waals surface area contributed by atoms with Gasteiger partial charge in [0.05, 0.1) is 6.29 Å². The second-order valence-corrected chi connectivity index (χ2v) is 6.95. The Kier molecular flexibility index (Phi) is 4.78. The molecule has 0 amide bonds. The van der Waals surface area contributed by atoms with E-state index in [1.165, 1.54) is 0 Å². The minimum Gasteiger partial charge on any atom is -0.289 e. The molecule has 0 rings (SSSR count). The smallest absolute Gasteiger partial charge is 0.243 e. The van der Waals surface area contributed by atoms with Gasteiger partial charge in [-0.1, -0.05) is 0 Å². The normalized spacial score (nSPS) is 17.4. The Hall–Kier alpha value is 0.440. The molecule has 0 aliphatic carbocycles. The standard InChI is InChI=1S/C7H18ClN2OP/c1-6(2)10(7(3)4)5-12(8,9)11/h6-7H,5H2,1-4H3,(H2,9,11). The maximum absolute atomic E-state index is 11.1. The van der Waals surface area contributed by atoms with Crippen LogP contribution in [0, 0.1) is 0 Å². The fourth-order valence-corrected chi connectivity index (χ4v) is 2.61. The van der Waals surface area contributed by atoms with E-state index in [9.17, 15) is 4.57 Å². The molecule has 0 aromatic rings. The molecule has 12 heavy (non-hydrogen) atoms. The predicted octanol–water partition coefficient (Wildman–Crippen LogP) is 2.45. The van der Waals surface area contributed by atoms with Crippen LogP contribution in [0.25, 0.3) is 0 Å². The van der Waals surface area contributed by atoms with E-state index in [-0.39, 0.29) is 6.29 Å². The molecule has 74 valence electrons. The van der Waals surface area contributed by atoms with Crippen LogP contribution in [0.2, 0.25) is 0 Å². The molecule has 2 N–H and O–H groups in total. The quantitative estimate of drug-likeness (QED) is 0.729. The number of halogens is 1. The Bertz CT molecular complexity index is 170. The topological polar surface area (TPSA) is 46.3 Å². The highest BCUT2D eigenvalue weighted by Gasteiger charge is 2.21. The van der Waals surface area contributed by atoms with Gasteiger partial charge in [-0.2, -0.15) is 0 Å². The summed E-state index contributed by atoms with van der Waals surface area (Å²) in [6.45, 7) is 5.21. The second-order valence-electron chi connectivity index (χ2n) is 3.55. The average molecular weight is 213 g/mol. The molecule has 3 nitrogen and oxygen atoms in total. The minimum absolute atomic E-state index is 0.282. The molecule has 0 saturated carbocycles. The summed E-state index contributed by atoms with van der Waals surface area (Å²) >= 11 is 5.51. The first-order valence-electron chi connectivity index (χ1n) is 4.07. The van der Waals surface area contributed by atoms with Crippen LogP contribution in [-0.2, 0) is 4.57 Å². The lowest BCUT2D eigenvalue weighted by Crippen LogP contribution is -2.37. The lowest BCUT2D eigenvalue weighted by molar-refractivity contribution is 0.206. The van der Waals surface area contributed by atoms with Crippen LogP contribution in [0.1, 0.15) is 27.7 Å². The third-order valence-electron chi connectivity index (χ3n) is 1.68. The highest BCUT2D eigenvalue weighted by Crippen LogP contribution is 2.43. The molecule has 0 heterocycles. The van der Waals surface area contributed by atoms with Crippen molar-refractivity contribution in [3.8, 4) is 0 Å². The van der Waals surface area contributed by atoms with E-state index in [0.717, 1.165) is 0 Å². The van der Waals surface area contributed by atoms with Crippen LogP contribution in [0.5, 0.6) is 0 Å². The van der Waals surface area contributed by atoms with Crippen molar-refractivity contribution in [2.24, 2.45) is 5.50 Å². The zero-order chi connectivity index (χ0) is 9.94. The first-order valence-corrected chi connectivity index (χ1v) is 6.93. The van der Waals surface area contributed by atoms with Crippen molar-refractivity contribution in [3.63, 3.8) is 0 Å². The molecule has 0 saturated heterocycles. The van der Waals surface area contributed by atoms with Gasteiger partial charge in [0.2, 0.25) is 6.65 Å². The molecule has 0 radical (unpaired) electrons. The number of rotatable bonds is 4. The monoisotopic (exact) mass is 212 g/mol. The lowest BCUT2D eigenvalue weighted by atomic mass is 10.2. The fourth-order valence-electron chi connectivity index (χ4n) is 1.15. The SMILES string of the molecule is CC(C)N(CP(N)(=O)Cl)C(C)C. The van der Waals surface area contributed by atoms with Crippen LogP contribution in [0.15, 0.2) is 0 Å². The highest BCUT2D eigenvalue weighted by molar-refractivity contribution is 7.87.